The fourth-order valence-electron chi connectivity index (χ4n) is 1.41. The Morgan fingerprint density at radius 1 is 1.28 bits per heavy atom. The average Bonchev–Trinajstić information content (AvgIpc) is 2.26. The van der Waals surface area contributed by atoms with Crippen LogP contribution in [-0.2, 0) is 0 Å². The first-order valence-electron chi connectivity index (χ1n) is 5.16. The van der Waals surface area contributed by atoms with Crippen LogP contribution in [0.2, 0.25) is 0 Å². The largest absolute Gasteiger partial charge is 0.446 e. The lowest BCUT2D eigenvalue weighted by atomic mass is 10.0. The van der Waals surface area contributed by atoms with E-state index in [0.29, 0.717) is 5.75 Å². The molecule has 7 heteroatoms. The van der Waals surface area contributed by atoms with Gasteiger partial charge in [0.2, 0.25) is 0 Å². The Hall–Kier alpha value is -0.370. The van der Waals surface area contributed by atoms with Crippen molar-refractivity contribution in [2.24, 2.45) is 0 Å². The summed E-state index contributed by atoms with van der Waals surface area (Å²) >= 11 is 3.67. The highest BCUT2D eigenvalue weighted by Gasteiger charge is 2.29. The van der Waals surface area contributed by atoms with E-state index in [1.54, 1.807) is 0 Å². The molecule has 0 aliphatic rings. The summed E-state index contributed by atoms with van der Waals surface area (Å²) in [4.78, 5) is -0.0166. The first-order valence-corrected chi connectivity index (χ1v) is 6.61. The van der Waals surface area contributed by atoms with Crippen molar-refractivity contribution in [3.8, 4) is 0 Å². The summed E-state index contributed by atoms with van der Waals surface area (Å²) in [5.74, 6) is 0.384. The van der Waals surface area contributed by atoms with Crippen LogP contribution in [0.15, 0.2) is 29.2 Å². The van der Waals surface area contributed by atoms with E-state index in [-0.39, 0.29) is 28.6 Å². The number of halogens is 3. The average molecular weight is 298 g/mol. The molecule has 2 nitrogen and oxygen atoms in total. The van der Waals surface area contributed by atoms with Gasteiger partial charge >= 0.3 is 5.51 Å². The van der Waals surface area contributed by atoms with Crippen LogP contribution in [-0.4, -0.2) is 27.6 Å². The van der Waals surface area contributed by atoms with E-state index in [4.69, 9.17) is 0 Å². The highest BCUT2D eigenvalue weighted by molar-refractivity contribution is 8.00. The van der Waals surface area contributed by atoms with Gasteiger partial charge in [-0.05, 0) is 41.6 Å². The number of thiol groups is 1. The predicted octanol–water partition coefficient (Wildman–Crippen LogP) is 3.01. The minimum absolute atomic E-state index is 0.0166. The van der Waals surface area contributed by atoms with Crippen LogP contribution >= 0.6 is 24.4 Å². The number of thioether (sulfide) groups is 1. The third-order valence-electron chi connectivity index (χ3n) is 2.22. The van der Waals surface area contributed by atoms with Crippen LogP contribution < -0.4 is 0 Å². The second-order valence-electron chi connectivity index (χ2n) is 3.64. The lowest BCUT2D eigenvalue weighted by molar-refractivity contribution is -0.0328. The van der Waals surface area contributed by atoms with E-state index in [9.17, 15) is 23.4 Å². The van der Waals surface area contributed by atoms with Crippen molar-refractivity contribution in [3.05, 3.63) is 29.8 Å². The second-order valence-corrected chi connectivity index (χ2v) is 5.23. The van der Waals surface area contributed by atoms with Gasteiger partial charge in [0.25, 0.3) is 0 Å². The molecule has 2 N–H and O–H groups in total. The fourth-order valence-corrected chi connectivity index (χ4v) is 2.28. The number of rotatable bonds is 5. The molecule has 0 aliphatic heterocycles. The molecule has 1 aromatic carbocycles. The number of aliphatic hydroxyl groups excluding tert-OH is 2. The molecule has 0 aromatic heterocycles. The Morgan fingerprint density at radius 3 is 2.50 bits per heavy atom. The van der Waals surface area contributed by atoms with Gasteiger partial charge in [-0.25, -0.2) is 0 Å². The molecule has 1 aromatic rings. The van der Waals surface area contributed by atoms with Gasteiger partial charge < -0.3 is 10.2 Å². The number of benzene rings is 1. The molecule has 0 aliphatic carbocycles. The molecule has 102 valence electrons. The molecule has 0 heterocycles. The predicted molar refractivity (Wildman–Crippen MR) is 67.8 cm³/mol. The smallest absolute Gasteiger partial charge is 0.390 e. The van der Waals surface area contributed by atoms with Crippen LogP contribution in [0.3, 0.4) is 0 Å². The maximum Gasteiger partial charge on any atom is 0.446 e. The molecule has 0 radical (unpaired) electrons. The number of alkyl halides is 3. The summed E-state index contributed by atoms with van der Waals surface area (Å²) in [6, 6.07) is 5.43. The summed E-state index contributed by atoms with van der Waals surface area (Å²) < 4.78 is 36.6. The zero-order valence-electron chi connectivity index (χ0n) is 9.26. The normalized spacial score (nSPS) is 15.4. The zero-order valence-corrected chi connectivity index (χ0v) is 11.0. The van der Waals surface area contributed by atoms with Crippen LogP contribution in [0.5, 0.6) is 0 Å². The highest BCUT2D eigenvalue weighted by atomic mass is 32.2. The first kappa shape index (κ1) is 15.7. The summed E-state index contributed by atoms with van der Waals surface area (Å²) in [5.41, 5.74) is -4.11. The summed E-state index contributed by atoms with van der Waals surface area (Å²) in [6.07, 6.45) is -1.97. The Morgan fingerprint density at radius 2 is 1.94 bits per heavy atom. The van der Waals surface area contributed by atoms with Gasteiger partial charge in [0.05, 0.1) is 6.10 Å². The van der Waals surface area contributed by atoms with Gasteiger partial charge in [0, 0.05) is 4.90 Å². The first-order chi connectivity index (χ1) is 8.33. The molecule has 0 amide bonds. The maximum atomic E-state index is 12.2. The summed E-state index contributed by atoms with van der Waals surface area (Å²) in [6.45, 7) is 0. The van der Waals surface area contributed by atoms with Gasteiger partial charge in [-0.15, -0.1) is 0 Å². The summed E-state index contributed by atoms with van der Waals surface area (Å²) in [5, 5.41) is 19.3. The van der Waals surface area contributed by atoms with E-state index >= 15 is 0 Å². The van der Waals surface area contributed by atoms with Gasteiger partial charge in [-0.1, -0.05) is 12.1 Å². The Labute approximate surface area is 113 Å². The van der Waals surface area contributed by atoms with Crippen molar-refractivity contribution in [2.45, 2.75) is 29.0 Å². The number of aliphatic hydroxyl groups is 2. The van der Waals surface area contributed by atoms with E-state index in [1.807, 2.05) is 0 Å². The van der Waals surface area contributed by atoms with Gasteiger partial charge in [-0.2, -0.15) is 25.8 Å². The summed E-state index contributed by atoms with van der Waals surface area (Å²) in [7, 11) is 0. The van der Waals surface area contributed by atoms with Gasteiger partial charge in [0.15, 0.2) is 0 Å². The number of hydrogen-bond donors (Lipinski definition) is 3. The van der Waals surface area contributed by atoms with E-state index in [1.165, 1.54) is 24.3 Å². The minimum Gasteiger partial charge on any atom is -0.390 e. The van der Waals surface area contributed by atoms with Crippen molar-refractivity contribution in [2.75, 3.05) is 5.75 Å². The molecule has 18 heavy (non-hydrogen) atoms. The Balaban J connectivity index is 2.81. The quantitative estimate of drug-likeness (QED) is 0.578. The van der Waals surface area contributed by atoms with Crippen molar-refractivity contribution in [1.82, 2.24) is 0 Å². The van der Waals surface area contributed by atoms with Crippen molar-refractivity contribution in [3.63, 3.8) is 0 Å². The molecular formula is C11H13F3O2S2. The van der Waals surface area contributed by atoms with Gasteiger partial charge in [-0.3, -0.25) is 0 Å². The molecule has 0 bridgehead atoms. The zero-order chi connectivity index (χ0) is 13.8. The fraction of sp³-hybridized carbons (Fsp3) is 0.455. The molecule has 0 fully saturated rings. The van der Waals surface area contributed by atoms with E-state index < -0.39 is 17.7 Å². The molecule has 2 atom stereocenters. The van der Waals surface area contributed by atoms with Gasteiger partial charge in [0.1, 0.15) is 6.10 Å². The van der Waals surface area contributed by atoms with E-state index in [0.717, 1.165) is 0 Å². The van der Waals surface area contributed by atoms with Crippen molar-refractivity contribution < 1.29 is 23.4 Å². The van der Waals surface area contributed by atoms with Crippen molar-refractivity contribution >= 4 is 24.4 Å². The SMILES string of the molecule is OC(CCS)C(O)c1cccc(SC(F)(F)F)c1. The Bertz CT molecular complexity index is 385. The molecule has 2 unspecified atom stereocenters. The molecule has 1 rings (SSSR count). The highest BCUT2D eigenvalue weighted by Crippen LogP contribution is 2.37. The van der Waals surface area contributed by atoms with Crippen LogP contribution in [0.4, 0.5) is 13.2 Å². The molecule has 0 saturated heterocycles. The molecule has 0 spiro atoms. The number of hydrogen-bond acceptors (Lipinski definition) is 4. The third kappa shape index (κ3) is 5.09. The minimum atomic E-state index is -4.37. The molecule has 0 saturated carbocycles. The van der Waals surface area contributed by atoms with Crippen molar-refractivity contribution in [1.29, 1.82) is 0 Å². The lowest BCUT2D eigenvalue weighted by Crippen LogP contribution is -2.18. The standard InChI is InChI=1S/C11H13F3O2S2/c12-11(13,14)18-8-3-1-2-7(6-8)10(16)9(15)4-5-17/h1-3,6,9-10,15-17H,4-5H2. The van der Waals surface area contributed by atoms with Crippen LogP contribution in [0, 0.1) is 0 Å². The molecular weight excluding hydrogens is 285 g/mol. The lowest BCUT2D eigenvalue weighted by Gasteiger charge is -2.18. The van der Waals surface area contributed by atoms with E-state index in [2.05, 4.69) is 12.6 Å². The monoisotopic (exact) mass is 298 g/mol. The van der Waals surface area contributed by atoms with Crippen LogP contribution in [0.25, 0.3) is 0 Å². The second kappa shape index (κ2) is 6.70. The topological polar surface area (TPSA) is 40.5 Å². The van der Waals surface area contributed by atoms with Crippen LogP contribution in [0.1, 0.15) is 18.1 Å². The maximum absolute atomic E-state index is 12.2. The Kier molecular flexibility index (Phi) is 5.84. The third-order valence-corrected chi connectivity index (χ3v) is 3.20.